The van der Waals surface area contributed by atoms with Crippen molar-refractivity contribution in [2.24, 2.45) is 0 Å². The summed E-state index contributed by atoms with van der Waals surface area (Å²) in [4.78, 5) is 4.98. The molecule has 2 fully saturated rings. The smallest absolute Gasteiger partial charge is 0.126 e. The minimum absolute atomic E-state index is 0.785. The molecule has 0 radical (unpaired) electrons. The highest BCUT2D eigenvalue weighted by atomic mass is 16.5. The van der Waals surface area contributed by atoms with Gasteiger partial charge in [-0.05, 0) is 52.1 Å². The molecule has 0 aliphatic carbocycles. The van der Waals surface area contributed by atoms with Gasteiger partial charge in [0.2, 0.25) is 0 Å². The molecular weight excluding hydrogens is 224 g/mol. The predicted octanol–water partition coefficient (Wildman–Crippen LogP) is 2.84. The van der Waals surface area contributed by atoms with Gasteiger partial charge in [0.05, 0.1) is 13.2 Å². The van der Waals surface area contributed by atoms with Crippen molar-refractivity contribution in [3.8, 4) is 0 Å². The molecule has 2 aliphatic heterocycles. The molecule has 3 heteroatoms. The van der Waals surface area contributed by atoms with Gasteiger partial charge in [0.1, 0.15) is 5.76 Å². The maximum Gasteiger partial charge on any atom is 0.126 e. The van der Waals surface area contributed by atoms with Crippen LogP contribution in [0, 0.1) is 0 Å². The highest BCUT2D eigenvalue weighted by Crippen LogP contribution is 2.14. The van der Waals surface area contributed by atoms with Crippen LogP contribution in [0.15, 0.2) is 12.0 Å². The molecule has 0 unspecified atom stereocenters. The molecule has 0 spiro atoms. The van der Waals surface area contributed by atoms with Gasteiger partial charge in [-0.3, -0.25) is 4.90 Å². The molecule has 0 N–H and O–H groups in total. The lowest BCUT2D eigenvalue weighted by atomic mass is 10.1. The first-order chi connectivity index (χ1) is 8.88. The van der Waals surface area contributed by atoms with Crippen LogP contribution in [0.3, 0.4) is 0 Å². The van der Waals surface area contributed by atoms with Gasteiger partial charge in [0, 0.05) is 19.3 Å². The fourth-order valence-electron chi connectivity index (χ4n) is 2.90. The molecule has 2 heterocycles. The summed E-state index contributed by atoms with van der Waals surface area (Å²) < 4.78 is 5.83. The van der Waals surface area contributed by atoms with Gasteiger partial charge in [-0.15, -0.1) is 0 Å². The average Bonchev–Trinajstić information content (AvgIpc) is 2.41. The fraction of sp³-hybridized carbons (Fsp3) is 0.867. The van der Waals surface area contributed by atoms with Gasteiger partial charge in [-0.25, -0.2) is 0 Å². The fourth-order valence-corrected chi connectivity index (χ4v) is 2.90. The first kappa shape index (κ1) is 13.7. The Balaban J connectivity index is 1.86. The second kappa shape index (κ2) is 7.67. The van der Waals surface area contributed by atoms with Crippen molar-refractivity contribution in [2.45, 2.75) is 45.4 Å². The number of piperidine rings is 2. The molecule has 104 valence electrons. The topological polar surface area (TPSA) is 15.7 Å². The molecule has 2 saturated heterocycles. The highest BCUT2D eigenvalue weighted by molar-refractivity contribution is 4.97. The van der Waals surface area contributed by atoms with E-state index >= 15 is 0 Å². The molecular formula is C15H28N2O. The number of nitrogens with zero attached hydrogens (tertiary/aromatic N) is 2. The number of ether oxygens (including phenoxy) is 1. The third kappa shape index (κ3) is 4.52. The van der Waals surface area contributed by atoms with E-state index in [-0.39, 0.29) is 0 Å². The Labute approximate surface area is 112 Å². The van der Waals surface area contributed by atoms with Gasteiger partial charge in [-0.1, -0.05) is 6.42 Å². The van der Waals surface area contributed by atoms with Crippen molar-refractivity contribution >= 4 is 0 Å². The summed E-state index contributed by atoms with van der Waals surface area (Å²) in [5.41, 5.74) is 0. The van der Waals surface area contributed by atoms with E-state index in [9.17, 15) is 0 Å². The molecule has 2 rings (SSSR count). The summed E-state index contributed by atoms with van der Waals surface area (Å²) in [7, 11) is 0. The Morgan fingerprint density at radius 2 is 1.56 bits per heavy atom. The van der Waals surface area contributed by atoms with E-state index in [1.165, 1.54) is 70.5 Å². The van der Waals surface area contributed by atoms with E-state index in [0.29, 0.717) is 0 Å². The first-order valence-electron chi connectivity index (χ1n) is 7.68. The Kier molecular flexibility index (Phi) is 5.85. The number of hydrogen-bond donors (Lipinski definition) is 0. The van der Waals surface area contributed by atoms with Crippen LogP contribution in [0.1, 0.15) is 45.4 Å². The van der Waals surface area contributed by atoms with Gasteiger partial charge < -0.3 is 9.64 Å². The van der Waals surface area contributed by atoms with Crippen LogP contribution in [-0.4, -0.2) is 49.1 Å². The monoisotopic (exact) mass is 252 g/mol. The zero-order valence-electron chi connectivity index (χ0n) is 11.9. The lowest BCUT2D eigenvalue weighted by Crippen LogP contribution is -2.33. The summed E-state index contributed by atoms with van der Waals surface area (Å²) in [5, 5.41) is 0. The number of hydrogen-bond acceptors (Lipinski definition) is 3. The molecule has 0 amide bonds. The molecule has 0 aromatic rings. The van der Waals surface area contributed by atoms with E-state index < -0.39 is 0 Å². The minimum atomic E-state index is 0.785. The van der Waals surface area contributed by atoms with Crippen molar-refractivity contribution in [2.75, 3.05) is 39.3 Å². The predicted molar refractivity (Wildman–Crippen MR) is 75.4 cm³/mol. The van der Waals surface area contributed by atoms with Crippen molar-refractivity contribution in [1.82, 2.24) is 9.80 Å². The normalized spacial score (nSPS) is 23.2. The van der Waals surface area contributed by atoms with Crippen LogP contribution < -0.4 is 0 Å². The van der Waals surface area contributed by atoms with E-state index in [0.717, 1.165) is 13.2 Å². The van der Waals surface area contributed by atoms with Gasteiger partial charge >= 0.3 is 0 Å². The van der Waals surface area contributed by atoms with Gasteiger partial charge in [0.25, 0.3) is 0 Å². The summed E-state index contributed by atoms with van der Waals surface area (Å²) in [5.74, 6) is 1.17. The minimum Gasteiger partial charge on any atom is -0.495 e. The van der Waals surface area contributed by atoms with Crippen LogP contribution in [0.25, 0.3) is 0 Å². The van der Waals surface area contributed by atoms with Crippen molar-refractivity contribution < 1.29 is 4.74 Å². The summed E-state index contributed by atoms with van der Waals surface area (Å²) >= 11 is 0. The third-order valence-electron chi connectivity index (χ3n) is 3.88. The number of likely N-dealkylation sites (tertiary alicyclic amines) is 2. The van der Waals surface area contributed by atoms with Crippen molar-refractivity contribution in [3.63, 3.8) is 0 Å². The second-order valence-corrected chi connectivity index (χ2v) is 5.46. The van der Waals surface area contributed by atoms with Crippen molar-refractivity contribution in [1.29, 1.82) is 0 Å². The molecule has 0 aromatic carbocycles. The summed E-state index contributed by atoms with van der Waals surface area (Å²) in [6.07, 6.45) is 10.4. The highest BCUT2D eigenvalue weighted by Gasteiger charge is 2.14. The standard InChI is InChI=1S/C15H28N2O/c1-2-18-15(13-16-9-5-3-6-10-16)14-17-11-7-4-8-12-17/h13H,2-12,14H2,1H3. The molecule has 3 nitrogen and oxygen atoms in total. The van der Waals surface area contributed by atoms with Crippen LogP contribution in [0.4, 0.5) is 0 Å². The second-order valence-electron chi connectivity index (χ2n) is 5.46. The summed E-state index contributed by atoms with van der Waals surface area (Å²) in [6, 6.07) is 0. The lowest BCUT2D eigenvalue weighted by Gasteiger charge is -2.30. The van der Waals surface area contributed by atoms with Crippen LogP contribution in [-0.2, 0) is 4.74 Å². The van der Waals surface area contributed by atoms with Gasteiger partial charge in [-0.2, -0.15) is 0 Å². The maximum atomic E-state index is 5.83. The lowest BCUT2D eigenvalue weighted by molar-refractivity contribution is 0.156. The van der Waals surface area contributed by atoms with Gasteiger partial charge in [0.15, 0.2) is 0 Å². The summed E-state index contributed by atoms with van der Waals surface area (Å²) in [6.45, 7) is 8.76. The molecule has 0 aromatic heterocycles. The third-order valence-corrected chi connectivity index (χ3v) is 3.88. The van der Waals surface area contributed by atoms with E-state index in [1.54, 1.807) is 0 Å². The molecule has 0 bridgehead atoms. The quantitative estimate of drug-likeness (QED) is 0.700. The van der Waals surface area contributed by atoms with E-state index in [2.05, 4.69) is 22.9 Å². The molecule has 2 aliphatic rings. The SMILES string of the molecule is CCOC(=CN1CCCCC1)CN1CCCCC1. The zero-order valence-corrected chi connectivity index (χ0v) is 11.9. The Bertz CT molecular complexity index is 253. The average molecular weight is 252 g/mol. The van der Waals surface area contributed by atoms with Crippen molar-refractivity contribution in [3.05, 3.63) is 12.0 Å². The number of rotatable bonds is 5. The Morgan fingerprint density at radius 1 is 0.944 bits per heavy atom. The molecule has 0 atom stereocenters. The Morgan fingerprint density at radius 3 is 2.17 bits per heavy atom. The largest absolute Gasteiger partial charge is 0.495 e. The maximum absolute atomic E-state index is 5.83. The molecule has 0 saturated carbocycles. The molecule has 18 heavy (non-hydrogen) atoms. The van der Waals surface area contributed by atoms with Crippen LogP contribution in [0.5, 0.6) is 0 Å². The first-order valence-corrected chi connectivity index (χ1v) is 7.68. The van der Waals surface area contributed by atoms with E-state index in [1.807, 2.05) is 0 Å². The zero-order chi connectivity index (χ0) is 12.6. The Hall–Kier alpha value is -0.700. The van der Waals surface area contributed by atoms with Crippen LogP contribution >= 0.6 is 0 Å². The van der Waals surface area contributed by atoms with Crippen LogP contribution in [0.2, 0.25) is 0 Å². The van der Waals surface area contributed by atoms with E-state index in [4.69, 9.17) is 4.74 Å².